The molecule has 1 rings (SSSR count). The number of piperidine rings is 1. The van der Waals surface area contributed by atoms with E-state index < -0.39 is 37.1 Å². The number of nitrogens with zero attached hydrogens (tertiary/aromatic N) is 2. The van der Waals surface area contributed by atoms with Crippen molar-refractivity contribution >= 4 is 12.0 Å². The van der Waals surface area contributed by atoms with E-state index >= 15 is 0 Å². The van der Waals surface area contributed by atoms with Crippen LogP contribution < -0.4 is 5.73 Å². The van der Waals surface area contributed by atoms with Crippen LogP contribution in [0.3, 0.4) is 0 Å². The van der Waals surface area contributed by atoms with E-state index in [0.717, 1.165) is 38.5 Å². The van der Waals surface area contributed by atoms with Crippen molar-refractivity contribution in [3.63, 3.8) is 0 Å². The van der Waals surface area contributed by atoms with Gasteiger partial charge in [0.25, 0.3) is 0 Å². The van der Waals surface area contributed by atoms with Crippen molar-refractivity contribution in [2.45, 2.75) is 76.3 Å². The molecule has 2 amide bonds. The zero-order valence-electron chi connectivity index (χ0n) is 19.7. The average Bonchev–Trinajstić information content (AvgIpc) is 2.82. The molecule has 0 spiro atoms. The lowest BCUT2D eigenvalue weighted by atomic mass is 9.97. The Balaban J connectivity index is 2.54. The summed E-state index contributed by atoms with van der Waals surface area (Å²) >= 11 is 0. The van der Waals surface area contributed by atoms with Gasteiger partial charge in [0, 0.05) is 32.6 Å². The standard InChI is InChI=1S/C22H43N3O8/c1-2-3-4-5-9-24(13-17(27)20(30)21(31)18(28)14-26)10-8-19(29)25-11-6-16(7-12-25)15-33-22(23)32/h16-18,20-21,26-28,30-31H,2-15H2,1H3,(H2,23,32)/t17-,18-,20-,21-/m1/s1. The number of primary amides is 1. The average molecular weight is 478 g/mol. The first-order chi connectivity index (χ1) is 15.7. The molecule has 1 heterocycles. The molecule has 1 fully saturated rings. The fourth-order valence-corrected chi connectivity index (χ4v) is 3.95. The Bertz CT molecular complexity index is 560. The Morgan fingerprint density at radius 1 is 1.03 bits per heavy atom. The second-order valence-corrected chi connectivity index (χ2v) is 8.86. The van der Waals surface area contributed by atoms with Gasteiger partial charge in [-0.15, -0.1) is 0 Å². The third kappa shape index (κ3) is 11.5. The molecule has 33 heavy (non-hydrogen) atoms. The van der Waals surface area contributed by atoms with Gasteiger partial charge >= 0.3 is 6.09 Å². The maximum atomic E-state index is 12.7. The van der Waals surface area contributed by atoms with Gasteiger partial charge in [0.2, 0.25) is 5.91 Å². The van der Waals surface area contributed by atoms with E-state index in [0.29, 0.717) is 26.2 Å². The Labute approximate surface area is 196 Å². The Morgan fingerprint density at radius 3 is 2.24 bits per heavy atom. The molecule has 0 aromatic heterocycles. The van der Waals surface area contributed by atoms with Crippen molar-refractivity contribution in [2.24, 2.45) is 11.7 Å². The Kier molecular flexibility index (Phi) is 14.5. The van der Waals surface area contributed by atoms with Gasteiger partial charge in [0.15, 0.2) is 0 Å². The summed E-state index contributed by atoms with van der Waals surface area (Å²) in [6.07, 6.45) is -1.24. The second-order valence-electron chi connectivity index (χ2n) is 8.86. The maximum Gasteiger partial charge on any atom is 0.404 e. The summed E-state index contributed by atoms with van der Waals surface area (Å²) in [5, 5.41) is 48.8. The number of amides is 2. The molecule has 0 saturated carbocycles. The largest absolute Gasteiger partial charge is 0.449 e. The summed E-state index contributed by atoms with van der Waals surface area (Å²) in [5.74, 6) is 0.183. The van der Waals surface area contributed by atoms with Crippen LogP contribution in [0, 0.1) is 5.92 Å². The summed E-state index contributed by atoms with van der Waals surface area (Å²) in [7, 11) is 0. The van der Waals surface area contributed by atoms with Crippen LogP contribution in [-0.4, -0.2) is 118 Å². The number of aliphatic hydroxyl groups excluding tert-OH is 5. The van der Waals surface area contributed by atoms with Gasteiger partial charge in [-0.05, 0) is 31.7 Å². The number of rotatable bonds is 16. The van der Waals surface area contributed by atoms with Crippen molar-refractivity contribution in [3.8, 4) is 0 Å². The molecule has 11 heteroatoms. The van der Waals surface area contributed by atoms with Gasteiger partial charge in [-0.25, -0.2) is 4.79 Å². The SMILES string of the molecule is CCCCCCN(CCC(=O)N1CCC(COC(N)=O)CC1)C[C@@H](O)[C@@H](O)[C@H](O)[C@H](O)CO. The number of likely N-dealkylation sites (tertiary alicyclic amines) is 1. The van der Waals surface area contributed by atoms with Gasteiger partial charge < -0.3 is 45.8 Å². The van der Waals surface area contributed by atoms with Crippen LogP contribution in [0.15, 0.2) is 0 Å². The lowest BCUT2D eigenvalue weighted by Gasteiger charge is -2.33. The van der Waals surface area contributed by atoms with Gasteiger partial charge in [-0.3, -0.25) is 4.79 Å². The topological polar surface area (TPSA) is 177 Å². The van der Waals surface area contributed by atoms with Crippen LogP contribution in [-0.2, 0) is 9.53 Å². The molecule has 1 aliphatic rings. The number of hydrogen-bond acceptors (Lipinski definition) is 9. The van der Waals surface area contributed by atoms with Crippen LogP contribution in [0.2, 0.25) is 0 Å². The zero-order valence-corrected chi connectivity index (χ0v) is 19.7. The van der Waals surface area contributed by atoms with E-state index in [1.54, 1.807) is 4.90 Å². The fourth-order valence-electron chi connectivity index (χ4n) is 3.95. The van der Waals surface area contributed by atoms with E-state index in [4.69, 9.17) is 15.6 Å². The monoisotopic (exact) mass is 477 g/mol. The quantitative estimate of drug-likeness (QED) is 0.153. The third-order valence-electron chi connectivity index (χ3n) is 6.17. The summed E-state index contributed by atoms with van der Waals surface area (Å²) in [5.41, 5.74) is 4.99. The summed E-state index contributed by atoms with van der Waals surface area (Å²) in [4.78, 5) is 27.1. The molecule has 194 valence electrons. The van der Waals surface area contributed by atoms with E-state index in [-0.39, 0.29) is 31.4 Å². The number of ether oxygens (including phenoxy) is 1. The first-order valence-corrected chi connectivity index (χ1v) is 11.9. The van der Waals surface area contributed by atoms with Crippen LogP contribution in [0.4, 0.5) is 4.79 Å². The van der Waals surface area contributed by atoms with Gasteiger partial charge in [-0.2, -0.15) is 0 Å². The number of carbonyl (C=O) groups excluding carboxylic acids is 2. The van der Waals surface area contributed by atoms with Crippen LogP contribution in [0.1, 0.15) is 51.9 Å². The number of hydrogen-bond donors (Lipinski definition) is 6. The lowest BCUT2D eigenvalue weighted by molar-refractivity contribution is -0.133. The summed E-state index contributed by atoms with van der Waals surface area (Å²) in [6, 6.07) is 0. The molecule has 0 aliphatic carbocycles. The molecule has 0 aromatic rings. The van der Waals surface area contributed by atoms with Crippen LogP contribution >= 0.6 is 0 Å². The number of unbranched alkanes of at least 4 members (excludes halogenated alkanes) is 3. The minimum absolute atomic E-state index is 0.00592. The zero-order chi connectivity index (χ0) is 24.8. The van der Waals surface area contributed by atoms with Crippen molar-refractivity contribution < 1.29 is 39.9 Å². The second kappa shape index (κ2) is 16.2. The third-order valence-corrected chi connectivity index (χ3v) is 6.17. The lowest BCUT2D eigenvalue weighted by Crippen LogP contribution is -2.50. The highest BCUT2D eigenvalue weighted by atomic mass is 16.5. The Morgan fingerprint density at radius 2 is 1.67 bits per heavy atom. The first-order valence-electron chi connectivity index (χ1n) is 11.9. The maximum absolute atomic E-state index is 12.7. The summed E-state index contributed by atoms with van der Waals surface area (Å²) < 4.78 is 4.84. The Hall–Kier alpha value is -1.50. The predicted molar refractivity (Wildman–Crippen MR) is 121 cm³/mol. The van der Waals surface area contributed by atoms with Gasteiger partial charge in [0.05, 0.1) is 19.3 Å². The molecule has 0 aromatic carbocycles. The van der Waals surface area contributed by atoms with E-state index in [9.17, 15) is 30.0 Å². The molecule has 1 aliphatic heterocycles. The van der Waals surface area contributed by atoms with Crippen molar-refractivity contribution in [1.82, 2.24) is 9.80 Å². The molecule has 0 radical (unpaired) electrons. The van der Waals surface area contributed by atoms with Gasteiger partial charge in [-0.1, -0.05) is 26.2 Å². The molecular formula is C22H43N3O8. The molecule has 0 unspecified atom stereocenters. The van der Waals surface area contributed by atoms with Crippen molar-refractivity contribution in [1.29, 1.82) is 0 Å². The number of carbonyl (C=O) groups is 2. The molecule has 4 atom stereocenters. The highest BCUT2D eigenvalue weighted by molar-refractivity contribution is 5.76. The number of nitrogens with two attached hydrogens (primary N) is 1. The van der Waals surface area contributed by atoms with Gasteiger partial charge in [0.1, 0.15) is 18.3 Å². The molecule has 11 nitrogen and oxygen atoms in total. The van der Waals surface area contributed by atoms with E-state index in [2.05, 4.69) is 6.92 Å². The highest BCUT2D eigenvalue weighted by Crippen LogP contribution is 2.18. The fraction of sp³-hybridized carbons (Fsp3) is 0.909. The summed E-state index contributed by atoms with van der Waals surface area (Å²) in [6.45, 7) is 3.84. The molecular weight excluding hydrogens is 434 g/mol. The molecule has 1 saturated heterocycles. The van der Waals surface area contributed by atoms with Crippen molar-refractivity contribution in [2.75, 3.05) is 45.9 Å². The smallest absolute Gasteiger partial charge is 0.404 e. The van der Waals surface area contributed by atoms with E-state index in [1.807, 2.05) is 4.90 Å². The first kappa shape index (κ1) is 29.5. The molecule has 7 N–H and O–H groups in total. The highest BCUT2D eigenvalue weighted by Gasteiger charge is 2.31. The number of aliphatic hydroxyl groups is 5. The predicted octanol–water partition coefficient (Wildman–Crippen LogP) is -0.971. The normalized spacial score (nSPS) is 18.7. The molecule has 0 bridgehead atoms. The van der Waals surface area contributed by atoms with Crippen LogP contribution in [0.5, 0.6) is 0 Å². The van der Waals surface area contributed by atoms with Crippen molar-refractivity contribution in [3.05, 3.63) is 0 Å². The minimum atomic E-state index is -1.67. The van der Waals surface area contributed by atoms with E-state index in [1.165, 1.54) is 0 Å². The van der Waals surface area contributed by atoms with Crippen LogP contribution in [0.25, 0.3) is 0 Å². The minimum Gasteiger partial charge on any atom is -0.449 e.